The van der Waals surface area contributed by atoms with Crippen LogP contribution in [0.1, 0.15) is 17.3 Å². The van der Waals surface area contributed by atoms with E-state index in [-0.39, 0.29) is 29.4 Å². The minimum Gasteiger partial charge on any atom is -0.496 e. The van der Waals surface area contributed by atoms with Gasteiger partial charge in [-0.3, -0.25) is 14.9 Å². The van der Waals surface area contributed by atoms with Crippen LogP contribution in [0.15, 0.2) is 12.1 Å². The molecule has 0 saturated heterocycles. The zero-order chi connectivity index (χ0) is 12.1. The van der Waals surface area contributed by atoms with Crippen molar-refractivity contribution in [3.8, 4) is 11.5 Å². The van der Waals surface area contributed by atoms with Crippen molar-refractivity contribution in [1.29, 1.82) is 0 Å². The summed E-state index contributed by atoms with van der Waals surface area (Å²) in [4.78, 5) is 21.0. The van der Waals surface area contributed by atoms with E-state index in [1.807, 2.05) is 0 Å². The number of nitro groups is 1. The third-order valence-electron chi connectivity index (χ3n) is 1.92. The van der Waals surface area contributed by atoms with E-state index in [4.69, 9.17) is 9.47 Å². The first-order valence-corrected chi connectivity index (χ1v) is 4.58. The molecule has 0 radical (unpaired) electrons. The molecule has 6 heteroatoms. The summed E-state index contributed by atoms with van der Waals surface area (Å²) in [5.74, 6) is 0.223. The number of methoxy groups -OCH3 is 1. The van der Waals surface area contributed by atoms with Gasteiger partial charge in [0.25, 0.3) is 0 Å². The molecule has 0 aromatic heterocycles. The van der Waals surface area contributed by atoms with Crippen LogP contribution in [0.3, 0.4) is 0 Å². The highest BCUT2D eigenvalue weighted by atomic mass is 16.6. The van der Waals surface area contributed by atoms with Crippen LogP contribution in [0.25, 0.3) is 0 Å². The van der Waals surface area contributed by atoms with Gasteiger partial charge < -0.3 is 9.47 Å². The van der Waals surface area contributed by atoms with E-state index in [0.29, 0.717) is 6.29 Å². The molecule has 0 atom stereocenters. The summed E-state index contributed by atoms with van der Waals surface area (Å²) in [6.07, 6.45) is 0.501. The molecule has 0 fully saturated rings. The first-order valence-electron chi connectivity index (χ1n) is 4.58. The van der Waals surface area contributed by atoms with E-state index in [9.17, 15) is 14.9 Å². The fourth-order valence-electron chi connectivity index (χ4n) is 1.25. The SMILES string of the molecule is CCOc1c(C=O)cc(OC)cc1[N+](=O)[O-]. The first kappa shape index (κ1) is 12.0. The molecule has 0 aliphatic rings. The molecule has 0 unspecified atom stereocenters. The van der Waals surface area contributed by atoms with E-state index in [1.165, 1.54) is 19.2 Å². The monoisotopic (exact) mass is 225 g/mol. The lowest BCUT2D eigenvalue weighted by Gasteiger charge is -2.08. The molecule has 0 amide bonds. The number of nitro benzene ring substituents is 1. The van der Waals surface area contributed by atoms with Crippen LogP contribution in [0.5, 0.6) is 11.5 Å². The molecule has 1 aromatic carbocycles. The van der Waals surface area contributed by atoms with Crippen molar-refractivity contribution >= 4 is 12.0 Å². The summed E-state index contributed by atoms with van der Waals surface area (Å²) >= 11 is 0. The van der Waals surface area contributed by atoms with Crippen LogP contribution in [0.4, 0.5) is 5.69 Å². The zero-order valence-corrected chi connectivity index (χ0v) is 8.93. The molecule has 0 aliphatic heterocycles. The first-order chi connectivity index (χ1) is 7.63. The molecule has 0 N–H and O–H groups in total. The lowest BCUT2D eigenvalue weighted by molar-refractivity contribution is -0.385. The van der Waals surface area contributed by atoms with E-state index in [1.54, 1.807) is 6.92 Å². The van der Waals surface area contributed by atoms with Crippen molar-refractivity contribution < 1.29 is 19.2 Å². The van der Waals surface area contributed by atoms with Crippen molar-refractivity contribution in [1.82, 2.24) is 0 Å². The predicted octanol–water partition coefficient (Wildman–Crippen LogP) is 1.81. The van der Waals surface area contributed by atoms with Crippen LogP contribution in [-0.2, 0) is 0 Å². The van der Waals surface area contributed by atoms with Crippen LogP contribution in [0, 0.1) is 10.1 Å². The molecule has 86 valence electrons. The van der Waals surface area contributed by atoms with Gasteiger partial charge in [0.1, 0.15) is 5.75 Å². The highest BCUT2D eigenvalue weighted by molar-refractivity contribution is 5.83. The van der Waals surface area contributed by atoms with Gasteiger partial charge in [0.2, 0.25) is 5.75 Å². The Morgan fingerprint density at radius 3 is 2.62 bits per heavy atom. The lowest BCUT2D eigenvalue weighted by Crippen LogP contribution is -2.02. The van der Waals surface area contributed by atoms with Gasteiger partial charge in [0, 0.05) is 0 Å². The quantitative estimate of drug-likeness (QED) is 0.433. The van der Waals surface area contributed by atoms with Crippen molar-refractivity contribution in [2.45, 2.75) is 6.92 Å². The second kappa shape index (κ2) is 5.11. The van der Waals surface area contributed by atoms with E-state index >= 15 is 0 Å². The Morgan fingerprint density at radius 2 is 2.19 bits per heavy atom. The summed E-state index contributed by atoms with van der Waals surface area (Å²) in [7, 11) is 1.37. The smallest absolute Gasteiger partial charge is 0.315 e. The maximum Gasteiger partial charge on any atom is 0.315 e. The van der Waals surface area contributed by atoms with E-state index < -0.39 is 4.92 Å². The molecule has 1 aromatic rings. The van der Waals surface area contributed by atoms with E-state index in [0.717, 1.165) is 0 Å². The highest BCUT2D eigenvalue weighted by Crippen LogP contribution is 2.34. The molecular formula is C10H11NO5. The van der Waals surface area contributed by atoms with Gasteiger partial charge in [0.15, 0.2) is 6.29 Å². The summed E-state index contributed by atoms with van der Waals surface area (Å²) in [5.41, 5.74) is -0.170. The Balaban J connectivity index is 3.40. The molecule has 0 saturated carbocycles. The molecule has 0 aliphatic carbocycles. The Morgan fingerprint density at radius 1 is 1.50 bits per heavy atom. The second-order valence-corrected chi connectivity index (χ2v) is 2.87. The van der Waals surface area contributed by atoms with Crippen molar-refractivity contribution in [3.63, 3.8) is 0 Å². The highest BCUT2D eigenvalue weighted by Gasteiger charge is 2.21. The fourth-order valence-corrected chi connectivity index (χ4v) is 1.25. The predicted molar refractivity (Wildman–Crippen MR) is 56.2 cm³/mol. The number of carbonyl (C=O) groups excluding carboxylic acids is 1. The second-order valence-electron chi connectivity index (χ2n) is 2.87. The van der Waals surface area contributed by atoms with Gasteiger partial charge in [-0.15, -0.1) is 0 Å². The zero-order valence-electron chi connectivity index (χ0n) is 8.93. The maximum atomic E-state index is 10.8. The van der Waals surface area contributed by atoms with Gasteiger partial charge in [-0.05, 0) is 13.0 Å². The van der Waals surface area contributed by atoms with Gasteiger partial charge in [-0.2, -0.15) is 0 Å². The molecule has 0 bridgehead atoms. The topological polar surface area (TPSA) is 78.7 Å². The number of carbonyl (C=O) groups is 1. The molecule has 0 heterocycles. The summed E-state index contributed by atoms with van der Waals surface area (Å²) in [6, 6.07) is 2.61. The Labute approximate surface area is 91.9 Å². The summed E-state index contributed by atoms with van der Waals surface area (Å²) < 4.78 is 9.95. The summed E-state index contributed by atoms with van der Waals surface area (Å²) in [5, 5.41) is 10.8. The van der Waals surface area contributed by atoms with Crippen LogP contribution in [0.2, 0.25) is 0 Å². The normalized spacial score (nSPS) is 9.62. The van der Waals surface area contributed by atoms with Gasteiger partial charge in [-0.1, -0.05) is 0 Å². The molecule has 6 nitrogen and oxygen atoms in total. The van der Waals surface area contributed by atoms with Crippen LogP contribution < -0.4 is 9.47 Å². The third-order valence-corrected chi connectivity index (χ3v) is 1.92. The average Bonchev–Trinajstić information content (AvgIpc) is 2.29. The fraction of sp³-hybridized carbons (Fsp3) is 0.300. The number of nitrogens with zero attached hydrogens (tertiary/aromatic N) is 1. The van der Waals surface area contributed by atoms with Crippen LogP contribution >= 0.6 is 0 Å². The van der Waals surface area contributed by atoms with Gasteiger partial charge >= 0.3 is 5.69 Å². The molecular weight excluding hydrogens is 214 g/mol. The average molecular weight is 225 g/mol. The minimum atomic E-state index is -0.611. The minimum absolute atomic E-state index is 0.0247. The van der Waals surface area contributed by atoms with Gasteiger partial charge in [0.05, 0.1) is 30.3 Å². The number of benzene rings is 1. The van der Waals surface area contributed by atoms with Crippen molar-refractivity contribution in [3.05, 3.63) is 27.8 Å². The van der Waals surface area contributed by atoms with E-state index in [2.05, 4.69) is 0 Å². The van der Waals surface area contributed by atoms with Crippen LogP contribution in [-0.4, -0.2) is 24.9 Å². The maximum absolute atomic E-state index is 10.8. The Hall–Kier alpha value is -2.11. The summed E-state index contributed by atoms with van der Waals surface area (Å²) in [6.45, 7) is 1.93. The number of ether oxygens (including phenoxy) is 2. The standard InChI is InChI=1S/C10H11NO5/c1-3-16-10-7(6-12)4-8(15-2)5-9(10)11(13)14/h4-6H,3H2,1-2H3. The van der Waals surface area contributed by atoms with Crippen molar-refractivity contribution in [2.75, 3.05) is 13.7 Å². The molecule has 1 rings (SSSR count). The number of rotatable bonds is 5. The number of hydrogen-bond acceptors (Lipinski definition) is 5. The van der Waals surface area contributed by atoms with Gasteiger partial charge in [-0.25, -0.2) is 0 Å². The Kier molecular flexibility index (Phi) is 3.82. The number of hydrogen-bond donors (Lipinski definition) is 0. The largest absolute Gasteiger partial charge is 0.496 e. The number of aldehydes is 1. The third kappa shape index (κ3) is 2.28. The van der Waals surface area contributed by atoms with Crippen molar-refractivity contribution in [2.24, 2.45) is 0 Å². The lowest BCUT2D eigenvalue weighted by atomic mass is 10.1. The molecule has 0 spiro atoms. The Bertz CT molecular complexity index is 416. The molecule has 16 heavy (non-hydrogen) atoms.